The van der Waals surface area contributed by atoms with Gasteiger partial charge in [0.15, 0.2) is 11.5 Å². The molecule has 0 radical (unpaired) electrons. The summed E-state index contributed by atoms with van der Waals surface area (Å²) in [6.07, 6.45) is -1.94. The molecule has 6 nitrogen and oxygen atoms in total. The number of amides is 1. The molecule has 1 amide bonds. The van der Waals surface area contributed by atoms with Crippen molar-refractivity contribution >= 4 is 11.6 Å². The number of phenolic OH excluding ortho intramolecular Hbond substituents is 1. The van der Waals surface area contributed by atoms with Gasteiger partial charge in [0.1, 0.15) is 11.6 Å². The number of phenols is 1. The predicted molar refractivity (Wildman–Crippen MR) is 110 cm³/mol. The van der Waals surface area contributed by atoms with E-state index in [9.17, 15) is 27.5 Å². The van der Waals surface area contributed by atoms with Gasteiger partial charge in [0, 0.05) is 23.5 Å². The van der Waals surface area contributed by atoms with Gasteiger partial charge < -0.3 is 19.9 Å². The van der Waals surface area contributed by atoms with Crippen LogP contribution in [0.3, 0.4) is 0 Å². The fourth-order valence-corrected chi connectivity index (χ4v) is 3.29. The van der Waals surface area contributed by atoms with Gasteiger partial charge in [0.05, 0.1) is 18.2 Å². The highest BCUT2D eigenvalue weighted by Crippen LogP contribution is 2.49. The Labute approximate surface area is 185 Å². The summed E-state index contributed by atoms with van der Waals surface area (Å²) >= 11 is 0. The van der Waals surface area contributed by atoms with Gasteiger partial charge in [-0.3, -0.25) is 4.79 Å². The van der Waals surface area contributed by atoms with Crippen LogP contribution in [-0.4, -0.2) is 23.1 Å². The zero-order chi connectivity index (χ0) is 23.8. The number of nitrogens with one attached hydrogen (secondary N) is 1. The standard InChI is InChI=1S/C23H18F4N2O4/c1-32-19-11-14(8-9-28-19)29-22(31)15-10-13(23(25,26)27)4-6-17(15)33-18-7-5-16(24)20(21(18)30)12-2-3-12/h4-12,30H,2-3H2,1H3,(H,28,29,31). The number of aromatic nitrogens is 1. The number of nitrogens with zero attached hydrogens (tertiary/aromatic N) is 1. The van der Waals surface area contributed by atoms with Crippen LogP contribution in [0.15, 0.2) is 48.7 Å². The fourth-order valence-electron chi connectivity index (χ4n) is 3.29. The molecule has 1 aliphatic rings. The third-order valence-electron chi connectivity index (χ3n) is 5.09. The number of rotatable bonds is 6. The Morgan fingerprint density at radius 1 is 1.12 bits per heavy atom. The monoisotopic (exact) mass is 462 g/mol. The maximum Gasteiger partial charge on any atom is 0.416 e. The first-order chi connectivity index (χ1) is 15.7. The van der Waals surface area contributed by atoms with E-state index in [2.05, 4.69) is 10.3 Å². The van der Waals surface area contributed by atoms with Gasteiger partial charge in [0.25, 0.3) is 5.91 Å². The lowest BCUT2D eigenvalue weighted by molar-refractivity contribution is -0.137. The number of benzene rings is 2. The first kappa shape index (κ1) is 22.4. The van der Waals surface area contributed by atoms with Gasteiger partial charge in [-0.25, -0.2) is 9.37 Å². The van der Waals surface area contributed by atoms with Crippen LogP contribution in [0.25, 0.3) is 0 Å². The Hall–Kier alpha value is -3.82. The smallest absolute Gasteiger partial charge is 0.416 e. The van der Waals surface area contributed by atoms with Crippen LogP contribution in [0.4, 0.5) is 23.2 Å². The largest absolute Gasteiger partial charge is 0.504 e. The molecule has 0 unspecified atom stereocenters. The van der Waals surface area contributed by atoms with Gasteiger partial charge >= 0.3 is 6.18 Å². The molecule has 1 aromatic heterocycles. The van der Waals surface area contributed by atoms with Gasteiger partial charge in [-0.2, -0.15) is 13.2 Å². The maximum atomic E-state index is 14.1. The minimum Gasteiger partial charge on any atom is -0.504 e. The van der Waals surface area contributed by atoms with Gasteiger partial charge in [-0.15, -0.1) is 0 Å². The molecule has 10 heteroatoms. The van der Waals surface area contributed by atoms with E-state index in [0.29, 0.717) is 18.9 Å². The normalized spacial score (nSPS) is 13.5. The molecule has 0 aliphatic heterocycles. The lowest BCUT2D eigenvalue weighted by atomic mass is 10.1. The Kier molecular flexibility index (Phi) is 5.84. The fraction of sp³-hybridized carbons (Fsp3) is 0.217. The molecule has 0 bridgehead atoms. The second-order valence-corrected chi connectivity index (χ2v) is 7.43. The number of aromatic hydroxyl groups is 1. The van der Waals surface area contributed by atoms with Crippen LogP contribution in [0.1, 0.15) is 40.2 Å². The van der Waals surface area contributed by atoms with Crippen molar-refractivity contribution in [2.24, 2.45) is 0 Å². The number of anilines is 1. The molecule has 3 aromatic rings. The zero-order valence-corrected chi connectivity index (χ0v) is 17.2. The molecule has 2 N–H and O–H groups in total. The third kappa shape index (κ3) is 4.84. The first-order valence-electron chi connectivity index (χ1n) is 9.89. The summed E-state index contributed by atoms with van der Waals surface area (Å²) in [5.74, 6) is -2.30. The summed E-state index contributed by atoms with van der Waals surface area (Å²) < 4.78 is 64.6. The van der Waals surface area contributed by atoms with Crippen molar-refractivity contribution in [2.75, 3.05) is 12.4 Å². The summed E-state index contributed by atoms with van der Waals surface area (Å²) in [5, 5.41) is 13.0. The van der Waals surface area contributed by atoms with Crippen molar-refractivity contribution in [3.05, 3.63) is 71.2 Å². The summed E-state index contributed by atoms with van der Waals surface area (Å²) in [5.41, 5.74) is -1.17. The van der Waals surface area contributed by atoms with Crippen molar-refractivity contribution < 1.29 is 36.9 Å². The molecule has 2 aromatic carbocycles. The Morgan fingerprint density at radius 3 is 2.52 bits per heavy atom. The van der Waals surface area contributed by atoms with Crippen molar-refractivity contribution in [3.63, 3.8) is 0 Å². The summed E-state index contributed by atoms with van der Waals surface area (Å²) in [7, 11) is 1.37. The van der Waals surface area contributed by atoms with Crippen LogP contribution in [0.5, 0.6) is 23.1 Å². The number of carbonyl (C=O) groups is 1. The molecule has 1 saturated carbocycles. The SMILES string of the molecule is COc1cc(NC(=O)c2cc(C(F)(F)F)ccc2Oc2ccc(F)c(C3CC3)c2O)ccn1. The maximum absolute atomic E-state index is 14.1. The number of pyridine rings is 1. The number of carbonyl (C=O) groups excluding carboxylic acids is 1. The molecule has 1 fully saturated rings. The van der Waals surface area contributed by atoms with E-state index in [4.69, 9.17) is 9.47 Å². The lowest BCUT2D eigenvalue weighted by Gasteiger charge is -2.16. The molecule has 1 heterocycles. The highest BCUT2D eigenvalue weighted by molar-refractivity contribution is 6.06. The van der Waals surface area contributed by atoms with Gasteiger partial charge in [-0.1, -0.05) is 0 Å². The molecule has 0 saturated heterocycles. The Morgan fingerprint density at radius 2 is 1.85 bits per heavy atom. The predicted octanol–water partition coefficient (Wildman–Crippen LogP) is 5.88. The topological polar surface area (TPSA) is 80.7 Å². The van der Waals surface area contributed by atoms with E-state index in [0.717, 1.165) is 24.3 Å². The van der Waals surface area contributed by atoms with Crippen LogP contribution >= 0.6 is 0 Å². The zero-order valence-electron chi connectivity index (χ0n) is 17.2. The molecule has 172 valence electrons. The average Bonchev–Trinajstić information content (AvgIpc) is 3.60. The van der Waals surface area contributed by atoms with Gasteiger partial charge in [-0.05, 0) is 55.2 Å². The van der Waals surface area contributed by atoms with E-state index in [1.54, 1.807) is 0 Å². The molecule has 0 spiro atoms. The van der Waals surface area contributed by atoms with E-state index in [1.165, 1.54) is 25.4 Å². The van der Waals surface area contributed by atoms with Crippen molar-refractivity contribution in [1.29, 1.82) is 0 Å². The molecular formula is C23H18F4N2O4. The number of methoxy groups -OCH3 is 1. The number of halogens is 4. The number of alkyl halides is 3. The van der Waals surface area contributed by atoms with Crippen LogP contribution in [0, 0.1) is 5.82 Å². The van der Waals surface area contributed by atoms with Gasteiger partial charge in [0.2, 0.25) is 5.88 Å². The summed E-state index contributed by atoms with van der Waals surface area (Å²) in [4.78, 5) is 16.8. The highest BCUT2D eigenvalue weighted by Gasteiger charge is 2.33. The second kappa shape index (κ2) is 8.61. The molecular weight excluding hydrogens is 444 g/mol. The minimum atomic E-state index is -4.70. The summed E-state index contributed by atoms with van der Waals surface area (Å²) in [6, 6.07) is 7.46. The van der Waals surface area contributed by atoms with Crippen LogP contribution in [0.2, 0.25) is 0 Å². The Bertz CT molecular complexity index is 1210. The van der Waals surface area contributed by atoms with Crippen LogP contribution < -0.4 is 14.8 Å². The quantitative estimate of drug-likeness (QED) is 0.448. The third-order valence-corrected chi connectivity index (χ3v) is 5.09. The van der Waals surface area contributed by atoms with E-state index < -0.39 is 34.8 Å². The molecule has 0 atom stereocenters. The number of hydrogen-bond donors (Lipinski definition) is 2. The van der Waals surface area contributed by atoms with Crippen molar-refractivity contribution in [3.8, 4) is 23.1 Å². The first-order valence-corrected chi connectivity index (χ1v) is 9.89. The number of ether oxygens (including phenoxy) is 2. The second-order valence-electron chi connectivity index (χ2n) is 7.43. The average molecular weight is 462 g/mol. The van der Waals surface area contributed by atoms with Crippen molar-refractivity contribution in [2.45, 2.75) is 24.9 Å². The molecule has 4 rings (SSSR count). The number of hydrogen-bond acceptors (Lipinski definition) is 5. The van der Waals surface area contributed by atoms with Crippen LogP contribution in [-0.2, 0) is 6.18 Å². The summed E-state index contributed by atoms with van der Waals surface area (Å²) in [6.45, 7) is 0. The van der Waals surface area contributed by atoms with E-state index >= 15 is 0 Å². The van der Waals surface area contributed by atoms with Crippen molar-refractivity contribution in [1.82, 2.24) is 4.98 Å². The van der Waals surface area contributed by atoms with E-state index in [-0.39, 0.29) is 34.5 Å². The molecule has 33 heavy (non-hydrogen) atoms. The van der Waals surface area contributed by atoms with E-state index in [1.807, 2.05) is 0 Å². The lowest BCUT2D eigenvalue weighted by Crippen LogP contribution is -2.15. The minimum absolute atomic E-state index is 0.0919. The Balaban J connectivity index is 1.71. The molecule has 1 aliphatic carbocycles. The highest BCUT2D eigenvalue weighted by atomic mass is 19.4.